The van der Waals surface area contributed by atoms with Crippen LogP contribution in [0.15, 0.2) is 22.9 Å². The molecule has 0 aliphatic carbocycles. The maximum absolute atomic E-state index is 12.0. The third kappa shape index (κ3) is 3.79. The van der Waals surface area contributed by atoms with E-state index in [9.17, 15) is 4.79 Å². The van der Waals surface area contributed by atoms with Crippen LogP contribution in [0.4, 0.5) is 5.88 Å². The molecule has 23 heavy (non-hydrogen) atoms. The van der Waals surface area contributed by atoms with Gasteiger partial charge in [-0.2, -0.15) is 10.4 Å². The topological polar surface area (TPSA) is 95.9 Å². The van der Waals surface area contributed by atoms with E-state index in [2.05, 4.69) is 21.8 Å². The fourth-order valence-electron chi connectivity index (χ4n) is 2.20. The largest absolute Gasteiger partial charge is 0.444 e. The zero-order valence-electron chi connectivity index (χ0n) is 13.8. The number of hydrogen-bond donors (Lipinski definition) is 2. The Morgan fingerprint density at radius 1 is 1.48 bits per heavy atom. The van der Waals surface area contributed by atoms with Gasteiger partial charge in [0, 0.05) is 24.0 Å². The molecule has 2 atom stereocenters. The van der Waals surface area contributed by atoms with Crippen LogP contribution in [-0.2, 0) is 4.79 Å². The lowest BCUT2D eigenvalue weighted by atomic mass is 10.1. The summed E-state index contributed by atoms with van der Waals surface area (Å²) in [5.41, 5.74) is 1.12. The quantitative estimate of drug-likeness (QED) is 0.851. The molecule has 0 saturated heterocycles. The lowest BCUT2D eigenvalue weighted by Crippen LogP contribution is -2.39. The number of aromatic nitrogens is 2. The van der Waals surface area contributed by atoms with Crippen LogP contribution in [0.1, 0.15) is 36.8 Å². The second-order valence-corrected chi connectivity index (χ2v) is 5.54. The fourth-order valence-corrected chi connectivity index (χ4v) is 2.20. The number of nitrogens with zero attached hydrogens (tertiary/aromatic N) is 3. The van der Waals surface area contributed by atoms with E-state index in [0.29, 0.717) is 11.3 Å². The molecular formula is C16H21N5O2. The van der Waals surface area contributed by atoms with Gasteiger partial charge in [-0.05, 0) is 33.8 Å². The highest BCUT2D eigenvalue weighted by atomic mass is 16.4. The molecule has 0 saturated carbocycles. The zero-order valence-corrected chi connectivity index (χ0v) is 13.8. The van der Waals surface area contributed by atoms with Gasteiger partial charge in [-0.3, -0.25) is 14.8 Å². The smallest absolute Gasteiger partial charge is 0.240 e. The van der Waals surface area contributed by atoms with Crippen LogP contribution in [0.25, 0.3) is 0 Å². The molecule has 0 fully saturated rings. The minimum atomic E-state index is -0.255. The summed E-state index contributed by atoms with van der Waals surface area (Å²) in [6.45, 7) is 7.69. The van der Waals surface area contributed by atoms with Crippen LogP contribution in [0, 0.1) is 25.2 Å². The summed E-state index contributed by atoms with van der Waals surface area (Å²) in [6, 6.07) is 4.08. The van der Waals surface area contributed by atoms with E-state index in [-0.39, 0.29) is 30.4 Å². The van der Waals surface area contributed by atoms with Crippen molar-refractivity contribution in [1.82, 2.24) is 15.1 Å². The number of furan rings is 1. The second kappa shape index (κ2) is 7.11. The van der Waals surface area contributed by atoms with Gasteiger partial charge in [0.2, 0.25) is 11.8 Å². The number of amides is 1. The number of anilines is 1. The van der Waals surface area contributed by atoms with Gasteiger partial charge in [0.25, 0.3) is 0 Å². The minimum absolute atomic E-state index is 0.0520. The Balaban J connectivity index is 1.91. The van der Waals surface area contributed by atoms with Crippen LogP contribution in [-0.4, -0.2) is 28.3 Å². The van der Waals surface area contributed by atoms with Gasteiger partial charge < -0.3 is 9.73 Å². The van der Waals surface area contributed by atoms with Gasteiger partial charge in [-0.25, -0.2) is 0 Å². The average molecular weight is 315 g/mol. The normalized spacial score (nSPS) is 13.3. The van der Waals surface area contributed by atoms with Gasteiger partial charge >= 0.3 is 0 Å². The number of rotatable bonds is 6. The molecule has 0 unspecified atom stereocenters. The third-order valence-corrected chi connectivity index (χ3v) is 4.00. The fraction of sp³-hybridized carbons (Fsp3) is 0.438. The molecule has 2 heterocycles. The number of nitriles is 1. The summed E-state index contributed by atoms with van der Waals surface area (Å²) in [6.07, 6.45) is 3.61. The lowest BCUT2D eigenvalue weighted by Gasteiger charge is -2.21. The Hall–Kier alpha value is -2.59. The maximum Gasteiger partial charge on any atom is 0.240 e. The van der Waals surface area contributed by atoms with Crippen molar-refractivity contribution >= 4 is 11.8 Å². The summed E-state index contributed by atoms with van der Waals surface area (Å²) >= 11 is 0. The Morgan fingerprint density at radius 3 is 2.83 bits per heavy atom. The molecule has 0 bridgehead atoms. The van der Waals surface area contributed by atoms with Crippen molar-refractivity contribution in [2.45, 2.75) is 39.8 Å². The van der Waals surface area contributed by atoms with Crippen LogP contribution < -0.4 is 10.6 Å². The van der Waals surface area contributed by atoms with Gasteiger partial charge in [-0.1, -0.05) is 0 Å². The molecule has 7 nitrogen and oxygen atoms in total. The summed E-state index contributed by atoms with van der Waals surface area (Å²) in [5, 5.41) is 19.1. The molecule has 7 heteroatoms. The van der Waals surface area contributed by atoms with Gasteiger partial charge in [0.1, 0.15) is 17.4 Å². The molecule has 2 rings (SSSR count). The van der Waals surface area contributed by atoms with Crippen LogP contribution in [0.3, 0.4) is 0 Å². The average Bonchev–Trinajstić information content (AvgIpc) is 3.14. The predicted molar refractivity (Wildman–Crippen MR) is 85.9 cm³/mol. The number of nitrogens with one attached hydrogen (secondary N) is 2. The van der Waals surface area contributed by atoms with Gasteiger partial charge in [-0.15, -0.1) is 0 Å². The van der Waals surface area contributed by atoms with E-state index in [1.165, 1.54) is 0 Å². The van der Waals surface area contributed by atoms with E-state index in [4.69, 9.17) is 9.68 Å². The first-order valence-electron chi connectivity index (χ1n) is 7.46. The SMILES string of the molecule is Cc1oc(NC(=O)CN[C@@H](C)[C@@H](C)n2cccn2)c(C#N)c1C. The molecule has 0 aliphatic rings. The van der Waals surface area contributed by atoms with Crippen molar-refractivity contribution in [1.29, 1.82) is 5.26 Å². The Kier molecular flexibility index (Phi) is 5.19. The van der Waals surface area contributed by atoms with Crippen molar-refractivity contribution in [3.63, 3.8) is 0 Å². The summed E-state index contributed by atoms with van der Waals surface area (Å²) in [5.74, 6) is 0.585. The highest BCUT2D eigenvalue weighted by molar-refractivity contribution is 5.92. The van der Waals surface area contributed by atoms with Crippen LogP contribution in [0.2, 0.25) is 0 Å². The molecule has 0 radical (unpaired) electrons. The molecule has 2 aromatic heterocycles. The molecule has 0 spiro atoms. The molecule has 122 valence electrons. The van der Waals surface area contributed by atoms with Crippen LogP contribution >= 0.6 is 0 Å². The van der Waals surface area contributed by atoms with Gasteiger partial charge in [0.15, 0.2) is 0 Å². The Morgan fingerprint density at radius 2 is 2.22 bits per heavy atom. The zero-order chi connectivity index (χ0) is 17.0. The maximum atomic E-state index is 12.0. The predicted octanol–water partition coefficient (Wildman–Crippen LogP) is 2.14. The summed E-state index contributed by atoms with van der Waals surface area (Å²) in [4.78, 5) is 12.0. The number of carbonyl (C=O) groups excluding carboxylic acids is 1. The van der Waals surface area contributed by atoms with Crippen LogP contribution in [0.5, 0.6) is 0 Å². The number of aryl methyl sites for hydroxylation is 1. The highest BCUT2D eigenvalue weighted by Gasteiger charge is 2.18. The Bertz CT molecular complexity index is 712. The Labute approximate surface area is 135 Å². The third-order valence-electron chi connectivity index (χ3n) is 4.00. The molecule has 1 amide bonds. The van der Waals surface area contributed by atoms with E-state index in [1.807, 2.05) is 30.8 Å². The first-order chi connectivity index (χ1) is 10.9. The molecule has 0 aliphatic heterocycles. The molecule has 2 N–H and O–H groups in total. The molecular weight excluding hydrogens is 294 g/mol. The van der Waals surface area contributed by atoms with Crippen molar-refractivity contribution in [2.75, 3.05) is 11.9 Å². The van der Waals surface area contributed by atoms with Crippen molar-refractivity contribution in [2.24, 2.45) is 0 Å². The molecule has 0 aromatic carbocycles. The molecule has 2 aromatic rings. The van der Waals surface area contributed by atoms with Crippen molar-refractivity contribution < 1.29 is 9.21 Å². The monoisotopic (exact) mass is 315 g/mol. The second-order valence-electron chi connectivity index (χ2n) is 5.54. The van der Waals surface area contributed by atoms with Crippen molar-refractivity contribution in [3.8, 4) is 6.07 Å². The van der Waals surface area contributed by atoms with E-state index < -0.39 is 0 Å². The minimum Gasteiger partial charge on any atom is -0.444 e. The van der Waals surface area contributed by atoms with E-state index in [0.717, 1.165) is 5.56 Å². The summed E-state index contributed by atoms with van der Waals surface area (Å²) < 4.78 is 7.26. The van der Waals surface area contributed by atoms with E-state index >= 15 is 0 Å². The standard InChI is InChI=1S/C16H21N5O2/c1-10-13(4)23-16(14(10)8-17)20-15(22)9-18-11(2)12(3)21-7-5-6-19-21/h5-7,11-12,18H,9H2,1-4H3,(H,20,22)/t11-,12+/m0/s1. The first-order valence-corrected chi connectivity index (χ1v) is 7.46. The van der Waals surface area contributed by atoms with Crippen molar-refractivity contribution in [3.05, 3.63) is 35.3 Å². The highest BCUT2D eigenvalue weighted by Crippen LogP contribution is 2.25. The van der Waals surface area contributed by atoms with Gasteiger partial charge in [0.05, 0.1) is 12.6 Å². The number of carbonyl (C=O) groups is 1. The summed E-state index contributed by atoms with van der Waals surface area (Å²) in [7, 11) is 0. The van der Waals surface area contributed by atoms with E-state index in [1.54, 1.807) is 20.0 Å². The lowest BCUT2D eigenvalue weighted by molar-refractivity contribution is -0.115. The first kappa shape index (κ1) is 16.8. The number of hydrogen-bond acceptors (Lipinski definition) is 5.